The first-order chi connectivity index (χ1) is 17.1. The van der Waals surface area contributed by atoms with Crippen LogP contribution >= 0.6 is 46.4 Å². The number of hydrogen-bond acceptors (Lipinski definition) is 3. The van der Waals surface area contributed by atoms with E-state index in [4.69, 9.17) is 46.4 Å². The van der Waals surface area contributed by atoms with Gasteiger partial charge in [0.2, 0.25) is 0 Å². The second kappa shape index (κ2) is 10.1. The quantitative estimate of drug-likeness (QED) is 0.226. The molecule has 1 aliphatic carbocycles. The van der Waals surface area contributed by atoms with Crippen molar-refractivity contribution in [2.45, 2.75) is 10.3 Å². The number of hydrogen-bond donors (Lipinski definition) is 1. The summed E-state index contributed by atoms with van der Waals surface area (Å²) in [7, 11) is 1.57. The highest BCUT2D eigenvalue weighted by molar-refractivity contribution is 6.54. The second-order valence-corrected chi connectivity index (χ2v) is 10.8. The first-order valence-corrected chi connectivity index (χ1v) is 12.4. The lowest BCUT2D eigenvalue weighted by atomic mass is 9.99. The third-order valence-corrected chi connectivity index (χ3v) is 8.30. The van der Waals surface area contributed by atoms with E-state index in [0.29, 0.717) is 16.4 Å². The molecule has 0 spiro atoms. The number of benzene rings is 3. The second-order valence-electron chi connectivity index (χ2n) is 8.59. The van der Waals surface area contributed by atoms with Crippen molar-refractivity contribution >= 4 is 76.0 Å². The Bertz CT molecular complexity index is 1350. The van der Waals surface area contributed by atoms with Gasteiger partial charge in [-0.25, -0.2) is 4.39 Å². The summed E-state index contributed by atoms with van der Waals surface area (Å²) < 4.78 is 11.9. The predicted octanol–water partition coefficient (Wildman–Crippen LogP) is 7.62. The van der Waals surface area contributed by atoms with E-state index in [1.807, 2.05) is 6.07 Å². The lowest BCUT2D eigenvalue weighted by molar-refractivity contribution is -0.112. The van der Waals surface area contributed by atoms with Crippen molar-refractivity contribution in [1.82, 2.24) is 0 Å². The summed E-state index contributed by atoms with van der Waals surface area (Å²) >= 11 is 25.8. The standard InChI is InChI=1S/C27H21Cl4FN2O2/c1-3-16-4-5-17(12-23(16)29)24-26(15-35,27(24,30)31)14-33-19-8-11-22(28)21(13-19)25(36)34(2)20-9-6-18(32)7-10-20/h3-13,15,24,33H,1,14H2,2H3. The van der Waals surface area contributed by atoms with Crippen LogP contribution < -0.4 is 10.2 Å². The zero-order valence-corrected chi connectivity index (χ0v) is 22.1. The molecule has 1 N–H and O–H groups in total. The van der Waals surface area contributed by atoms with E-state index < -0.39 is 21.5 Å². The zero-order valence-electron chi connectivity index (χ0n) is 19.1. The summed E-state index contributed by atoms with van der Waals surface area (Å²) in [6, 6.07) is 15.7. The highest BCUT2D eigenvalue weighted by Crippen LogP contribution is 2.73. The first-order valence-electron chi connectivity index (χ1n) is 10.9. The Kier molecular flexibility index (Phi) is 7.40. The maximum atomic E-state index is 13.3. The summed E-state index contributed by atoms with van der Waals surface area (Å²) in [5, 5.41) is 3.90. The zero-order chi connectivity index (χ0) is 26.3. The van der Waals surface area contributed by atoms with Crippen LogP contribution in [0.4, 0.5) is 15.8 Å². The molecule has 3 aromatic carbocycles. The molecule has 0 saturated heterocycles. The van der Waals surface area contributed by atoms with Gasteiger partial charge < -0.3 is 15.0 Å². The summed E-state index contributed by atoms with van der Waals surface area (Å²) in [4.78, 5) is 26.7. The summed E-state index contributed by atoms with van der Waals surface area (Å²) in [6.45, 7) is 3.83. The third-order valence-electron chi connectivity index (χ3n) is 6.50. The molecule has 3 aromatic rings. The Labute approximate surface area is 228 Å². The molecule has 4 nitrogen and oxygen atoms in total. The van der Waals surface area contributed by atoms with E-state index in [2.05, 4.69) is 11.9 Å². The molecule has 1 amide bonds. The highest BCUT2D eigenvalue weighted by Gasteiger charge is 2.76. The van der Waals surface area contributed by atoms with Crippen LogP contribution in [0.25, 0.3) is 6.08 Å². The summed E-state index contributed by atoms with van der Waals surface area (Å²) in [5.74, 6) is -1.28. The molecule has 36 heavy (non-hydrogen) atoms. The Morgan fingerprint density at radius 2 is 1.78 bits per heavy atom. The fraction of sp³-hybridized carbons (Fsp3) is 0.185. The van der Waals surface area contributed by atoms with E-state index in [9.17, 15) is 14.0 Å². The maximum absolute atomic E-state index is 13.3. The SMILES string of the molecule is C=Cc1ccc(C2C(Cl)(Cl)C2(C=O)CNc2ccc(Cl)c(C(=O)N(C)c3ccc(F)cc3)c2)cc1Cl. The fourth-order valence-corrected chi connectivity index (χ4v) is 5.73. The van der Waals surface area contributed by atoms with Crippen LogP contribution in [0.2, 0.25) is 10.0 Å². The number of halogens is 5. The van der Waals surface area contributed by atoms with Gasteiger partial charge in [-0.2, -0.15) is 0 Å². The molecular weight excluding hydrogens is 545 g/mol. The Morgan fingerprint density at radius 3 is 2.39 bits per heavy atom. The van der Waals surface area contributed by atoms with Crippen molar-refractivity contribution in [3.63, 3.8) is 0 Å². The van der Waals surface area contributed by atoms with E-state index >= 15 is 0 Å². The van der Waals surface area contributed by atoms with Crippen LogP contribution in [0.5, 0.6) is 0 Å². The number of carbonyl (C=O) groups is 2. The minimum Gasteiger partial charge on any atom is -0.384 e. The molecule has 186 valence electrons. The number of nitrogens with zero attached hydrogens (tertiary/aromatic N) is 1. The molecular formula is C27H21Cl4FN2O2. The van der Waals surface area contributed by atoms with Crippen LogP contribution in [0, 0.1) is 11.2 Å². The lowest BCUT2D eigenvalue weighted by Crippen LogP contribution is -2.27. The van der Waals surface area contributed by atoms with Crippen LogP contribution in [0.15, 0.2) is 67.2 Å². The number of nitrogens with one attached hydrogen (secondary N) is 1. The average Bonchev–Trinajstić information content (AvgIpc) is 3.37. The molecule has 1 saturated carbocycles. The van der Waals surface area contributed by atoms with Crippen molar-refractivity contribution in [3.8, 4) is 0 Å². The van der Waals surface area contributed by atoms with Gasteiger partial charge in [0.05, 0.1) is 16.0 Å². The summed E-state index contributed by atoms with van der Waals surface area (Å²) in [5.41, 5.74) is 1.66. The van der Waals surface area contributed by atoms with E-state index in [-0.39, 0.29) is 23.0 Å². The Hall–Kier alpha value is -2.57. The largest absolute Gasteiger partial charge is 0.384 e. The smallest absolute Gasteiger partial charge is 0.259 e. The molecule has 0 radical (unpaired) electrons. The van der Waals surface area contributed by atoms with E-state index in [1.165, 1.54) is 29.2 Å². The Morgan fingerprint density at radius 1 is 1.08 bits per heavy atom. The number of rotatable bonds is 8. The van der Waals surface area contributed by atoms with Crippen molar-refractivity contribution in [1.29, 1.82) is 0 Å². The number of alkyl halides is 2. The fourth-order valence-electron chi connectivity index (χ4n) is 4.29. The topological polar surface area (TPSA) is 49.4 Å². The predicted molar refractivity (Wildman–Crippen MR) is 146 cm³/mol. The minimum absolute atomic E-state index is 0.109. The maximum Gasteiger partial charge on any atom is 0.259 e. The monoisotopic (exact) mass is 564 g/mol. The van der Waals surface area contributed by atoms with Gasteiger partial charge in [-0.15, -0.1) is 0 Å². The van der Waals surface area contributed by atoms with Crippen molar-refractivity contribution in [2.75, 3.05) is 23.8 Å². The van der Waals surface area contributed by atoms with Crippen LogP contribution in [-0.2, 0) is 4.79 Å². The molecule has 0 heterocycles. The molecule has 1 aliphatic rings. The van der Waals surface area contributed by atoms with Gasteiger partial charge in [0, 0.05) is 35.9 Å². The third kappa shape index (κ3) is 4.61. The van der Waals surface area contributed by atoms with Gasteiger partial charge in [-0.3, -0.25) is 4.79 Å². The Balaban J connectivity index is 1.55. The van der Waals surface area contributed by atoms with Crippen LogP contribution in [-0.4, -0.2) is 30.1 Å². The van der Waals surface area contributed by atoms with E-state index in [1.54, 1.807) is 43.5 Å². The van der Waals surface area contributed by atoms with E-state index in [0.717, 1.165) is 17.4 Å². The van der Waals surface area contributed by atoms with Gasteiger partial charge in [0.15, 0.2) is 0 Å². The molecule has 2 atom stereocenters. The number of amides is 1. The number of aldehydes is 1. The van der Waals surface area contributed by atoms with Crippen LogP contribution in [0.1, 0.15) is 27.4 Å². The molecule has 0 bridgehead atoms. The average molecular weight is 566 g/mol. The molecule has 4 rings (SSSR count). The lowest BCUT2D eigenvalue weighted by Gasteiger charge is -2.19. The minimum atomic E-state index is -1.35. The van der Waals surface area contributed by atoms with Gasteiger partial charge >= 0.3 is 0 Å². The molecule has 2 unspecified atom stereocenters. The van der Waals surface area contributed by atoms with Crippen molar-refractivity contribution in [3.05, 3.63) is 99.8 Å². The highest BCUT2D eigenvalue weighted by atomic mass is 35.5. The first kappa shape index (κ1) is 26.5. The van der Waals surface area contributed by atoms with Crippen LogP contribution in [0.3, 0.4) is 0 Å². The number of carbonyl (C=O) groups excluding carboxylic acids is 2. The van der Waals surface area contributed by atoms with Gasteiger partial charge in [-0.1, -0.05) is 71.2 Å². The van der Waals surface area contributed by atoms with Gasteiger partial charge in [0.25, 0.3) is 5.91 Å². The molecule has 0 aromatic heterocycles. The summed E-state index contributed by atoms with van der Waals surface area (Å²) in [6.07, 6.45) is 2.39. The van der Waals surface area contributed by atoms with Gasteiger partial charge in [-0.05, 0) is 59.7 Å². The van der Waals surface area contributed by atoms with Gasteiger partial charge in [0.1, 0.15) is 16.4 Å². The molecule has 9 heteroatoms. The molecule has 0 aliphatic heterocycles. The van der Waals surface area contributed by atoms with Crippen molar-refractivity contribution in [2.24, 2.45) is 5.41 Å². The number of anilines is 2. The van der Waals surface area contributed by atoms with Crippen molar-refractivity contribution < 1.29 is 14.0 Å². The normalized spacial score (nSPS) is 19.9. The molecule has 1 fully saturated rings.